The first kappa shape index (κ1) is 13.4. The number of Topliss-reactive ketones (excluding diaryl/α,β-unsaturated/α-hetero) is 1. The fourth-order valence-corrected chi connectivity index (χ4v) is 2.65. The Bertz CT molecular complexity index is 272. The topological polar surface area (TPSA) is 20.3 Å². The van der Waals surface area contributed by atoms with Crippen LogP contribution < -0.4 is 0 Å². The summed E-state index contributed by atoms with van der Waals surface area (Å²) in [5, 5.41) is 0. The summed E-state index contributed by atoms with van der Waals surface area (Å²) in [6.45, 7) is 8.07. The van der Waals surface area contributed by atoms with Gasteiger partial charge in [-0.2, -0.15) is 0 Å². The van der Waals surface area contributed by atoms with Gasteiger partial charge in [-0.3, -0.25) is 9.69 Å². The molecule has 0 saturated heterocycles. The molecule has 0 unspecified atom stereocenters. The van der Waals surface area contributed by atoms with Gasteiger partial charge in [-0.05, 0) is 52.6 Å². The molecule has 0 aromatic rings. The van der Waals surface area contributed by atoms with E-state index in [0.29, 0.717) is 12.2 Å². The lowest BCUT2D eigenvalue weighted by Gasteiger charge is -2.43. The fourth-order valence-electron chi connectivity index (χ4n) is 2.65. The molecule has 0 spiro atoms. The normalized spacial score (nSPS) is 30.4. The van der Waals surface area contributed by atoms with Crippen LogP contribution >= 0.6 is 0 Å². The molecule has 2 heteroatoms. The predicted molar refractivity (Wildman–Crippen MR) is 68.5 cm³/mol. The van der Waals surface area contributed by atoms with Gasteiger partial charge in [0.05, 0.1) is 5.54 Å². The van der Waals surface area contributed by atoms with Gasteiger partial charge in [0, 0.05) is 6.42 Å². The van der Waals surface area contributed by atoms with Crippen LogP contribution in [-0.2, 0) is 4.79 Å². The summed E-state index contributed by atoms with van der Waals surface area (Å²) < 4.78 is 0. The molecule has 2 nitrogen and oxygen atoms in total. The molecule has 16 heavy (non-hydrogen) atoms. The molecule has 0 bridgehead atoms. The van der Waals surface area contributed by atoms with E-state index >= 15 is 0 Å². The summed E-state index contributed by atoms with van der Waals surface area (Å²) in [7, 11) is 4.07. The molecule has 1 fully saturated rings. The summed E-state index contributed by atoms with van der Waals surface area (Å²) in [6.07, 6.45) is 4.88. The van der Waals surface area contributed by atoms with Crippen LogP contribution in [-0.4, -0.2) is 30.3 Å². The van der Waals surface area contributed by atoms with E-state index in [1.165, 1.54) is 12.8 Å². The summed E-state index contributed by atoms with van der Waals surface area (Å²) in [5.41, 5.74) is 0.760. The average Bonchev–Trinajstić information content (AvgIpc) is 2.17. The highest BCUT2D eigenvalue weighted by Gasteiger charge is 2.41. The lowest BCUT2D eigenvalue weighted by Crippen LogP contribution is -2.53. The van der Waals surface area contributed by atoms with Crippen molar-refractivity contribution in [3.05, 3.63) is 12.2 Å². The molecule has 0 aromatic carbocycles. The van der Waals surface area contributed by atoms with Crippen LogP contribution in [0.2, 0.25) is 0 Å². The van der Waals surface area contributed by atoms with Crippen LogP contribution in [0.25, 0.3) is 0 Å². The quantitative estimate of drug-likeness (QED) is 0.683. The van der Waals surface area contributed by atoms with Gasteiger partial charge in [-0.25, -0.2) is 0 Å². The van der Waals surface area contributed by atoms with Crippen LogP contribution in [0.4, 0.5) is 0 Å². The standard InChI is InChI=1S/C14H25NO/c1-11(2)10-13(16)14(15(4)5)8-6-12(3)7-9-14/h12H,1,6-10H2,2-5H3. The molecule has 1 saturated carbocycles. The largest absolute Gasteiger partial charge is 0.297 e. The molecule has 0 radical (unpaired) electrons. The van der Waals surface area contributed by atoms with Crippen molar-refractivity contribution in [2.24, 2.45) is 5.92 Å². The van der Waals surface area contributed by atoms with Crippen LogP contribution in [0.5, 0.6) is 0 Å². The van der Waals surface area contributed by atoms with Crippen molar-refractivity contribution in [2.75, 3.05) is 14.1 Å². The van der Waals surface area contributed by atoms with E-state index in [-0.39, 0.29) is 5.54 Å². The Morgan fingerprint density at radius 3 is 2.25 bits per heavy atom. The maximum Gasteiger partial charge on any atom is 0.157 e. The Hall–Kier alpha value is -0.630. The first-order valence-corrected chi connectivity index (χ1v) is 6.23. The van der Waals surface area contributed by atoms with Gasteiger partial charge in [-0.1, -0.05) is 19.1 Å². The fraction of sp³-hybridized carbons (Fsp3) is 0.786. The average molecular weight is 223 g/mol. The van der Waals surface area contributed by atoms with Crippen molar-refractivity contribution in [1.29, 1.82) is 0 Å². The van der Waals surface area contributed by atoms with Crippen molar-refractivity contribution in [3.8, 4) is 0 Å². The zero-order valence-corrected chi connectivity index (χ0v) is 11.2. The number of hydrogen-bond donors (Lipinski definition) is 0. The van der Waals surface area contributed by atoms with Gasteiger partial charge < -0.3 is 0 Å². The first-order valence-electron chi connectivity index (χ1n) is 6.23. The Labute approximate surface area is 99.7 Å². The van der Waals surface area contributed by atoms with Gasteiger partial charge in [0.25, 0.3) is 0 Å². The number of allylic oxidation sites excluding steroid dienone is 1. The number of hydrogen-bond acceptors (Lipinski definition) is 2. The van der Waals surface area contributed by atoms with E-state index in [9.17, 15) is 4.79 Å². The van der Waals surface area contributed by atoms with Gasteiger partial charge in [0.1, 0.15) is 0 Å². The van der Waals surface area contributed by atoms with E-state index in [0.717, 1.165) is 24.3 Å². The summed E-state index contributed by atoms with van der Waals surface area (Å²) in [6, 6.07) is 0. The molecule has 92 valence electrons. The zero-order chi connectivity index (χ0) is 12.3. The van der Waals surface area contributed by atoms with Crippen LogP contribution in [0.1, 0.15) is 46.0 Å². The zero-order valence-electron chi connectivity index (χ0n) is 11.2. The second kappa shape index (κ2) is 5.13. The van der Waals surface area contributed by atoms with E-state index < -0.39 is 0 Å². The Balaban J connectivity index is 2.81. The SMILES string of the molecule is C=C(C)CC(=O)C1(N(C)C)CCC(C)CC1. The minimum atomic E-state index is -0.217. The monoisotopic (exact) mass is 223 g/mol. The van der Waals surface area contributed by atoms with Gasteiger partial charge >= 0.3 is 0 Å². The van der Waals surface area contributed by atoms with Crippen molar-refractivity contribution < 1.29 is 4.79 Å². The van der Waals surface area contributed by atoms with Crippen molar-refractivity contribution >= 4 is 5.78 Å². The maximum absolute atomic E-state index is 12.4. The molecule has 0 N–H and O–H groups in total. The van der Waals surface area contributed by atoms with E-state index in [4.69, 9.17) is 0 Å². The van der Waals surface area contributed by atoms with E-state index in [2.05, 4.69) is 18.4 Å². The summed E-state index contributed by atoms with van der Waals surface area (Å²) in [5.74, 6) is 1.13. The van der Waals surface area contributed by atoms with Gasteiger partial charge in [0.15, 0.2) is 5.78 Å². The third-order valence-electron chi connectivity index (χ3n) is 3.94. The van der Waals surface area contributed by atoms with E-state index in [1.54, 1.807) is 0 Å². The molecule has 0 amide bonds. The smallest absolute Gasteiger partial charge is 0.157 e. The highest BCUT2D eigenvalue weighted by atomic mass is 16.1. The minimum Gasteiger partial charge on any atom is -0.297 e. The second-order valence-corrected chi connectivity index (χ2v) is 5.67. The van der Waals surface area contributed by atoms with Crippen molar-refractivity contribution in [3.63, 3.8) is 0 Å². The molecule has 1 aliphatic rings. The minimum absolute atomic E-state index is 0.217. The van der Waals surface area contributed by atoms with Gasteiger partial charge in [0.2, 0.25) is 0 Å². The Morgan fingerprint density at radius 1 is 1.38 bits per heavy atom. The lowest BCUT2D eigenvalue weighted by atomic mass is 9.73. The number of carbonyl (C=O) groups is 1. The number of rotatable bonds is 4. The third-order valence-corrected chi connectivity index (χ3v) is 3.94. The molecule has 0 aliphatic heterocycles. The number of carbonyl (C=O) groups excluding carboxylic acids is 1. The van der Waals surface area contributed by atoms with Crippen molar-refractivity contribution in [1.82, 2.24) is 4.90 Å². The van der Waals surface area contributed by atoms with Crippen LogP contribution in [0.15, 0.2) is 12.2 Å². The van der Waals surface area contributed by atoms with Crippen LogP contribution in [0.3, 0.4) is 0 Å². The molecule has 0 heterocycles. The van der Waals surface area contributed by atoms with Crippen molar-refractivity contribution in [2.45, 2.75) is 51.5 Å². The molecule has 0 aromatic heterocycles. The molecule has 1 rings (SSSR count). The molecule has 1 aliphatic carbocycles. The maximum atomic E-state index is 12.4. The number of nitrogens with zero attached hydrogens (tertiary/aromatic N) is 1. The summed E-state index contributed by atoms with van der Waals surface area (Å²) >= 11 is 0. The highest BCUT2D eigenvalue weighted by Crippen LogP contribution is 2.37. The number of ketones is 1. The Kier molecular flexibility index (Phi) is 4.31. The van der Waals surface area contributed by atoms with Crippen LogP contribution in [0, 0.1) is 5.92 Å². The molecule has 0 atom stereocenters. The van der Waals surface area contributed by atoms with Gasteiger partial charge in [-0.15, -0.1) is 0 Å². The lowest BCUT2D eigenvalue weighted by molar-refractivity contribution is -0.131. The van der Waals surface area contributed by atoms with E-state index in [1.807, 2.05) is 21.0 Å². The highest BCUT2D eigenvalue weighted by molar-refractivity contribution is 5.90. The predicted octanol–water partition coefficient (Wildman–Crippen LogP) is 3.03. The summed E-state index contributed by atoms with van der Waals surface area (Å²) in [4.78, 5) is 14.5. The third kappa shape index (κ3) is 2.73. The Morgan fingerprint density at radius 2 is 1.88 bits per heavy atom. The number of likely N-dealkylation sites (N-methyl/N-ethyl adjacent to an activating group) is 1. The second-order valence-electron chi connectivity index (χ2n) is 5.67. The molecular weight excluding hydrogens is 198 g/mol. The first-order chi connectivity index (χ1) is 7.38. The molecular formula is C14H25NO.